The molecule has 0 spiro atoms. The normalized spacial score (nSPS) is 16.1. The van der Waals surface area contributed by atoms with E-state index in [1.807, 2.05) is 6.92 Å². The molecule has 27 heavy (non-hydrogen) atoms. The minimum Gasteiger partial charge on any atom is -0.338 e. The molecule has 1 aliphatic heterocycles. The highest BCUT2D eigenvalue weighted by Gasteiger charge is 2.31. The smallest absolute Gasteiger partial charge is 0.265 e. The van der Waals surface area contributed by atoms with Crippen LogP contribution in [0.25, 0.3) is 5.78 Å². The van der Waals surface area contributed by atoms with Crippen molar-refractivity contribution in [1.29, 1.82) is 0 Å². The summed E-state index contributed by atoms with van der Waals surface area (Å²) >= 11 is 1.35. The van der Waals surface area contributed by atoms with E-state index in [4.69, 9.17) is 0 Å². The SMILES string of the molecule is Cc1ncsc1C(=O)N1CCC(c2c(S(C)(=O)=O)cnc3ncnn23)CC1. The molecule has 1 fully saturated rings. The van der Waals surface area contributed by atoms with Gasteiger partial charge < -0.3 is 4.90 Å². The summed E-state index contributed by atoms with van der Waals surface area (Å²) in [4.78, 5) is 27.6. The monoisotopic (exact) mass is 406 g/mol. The molecule has 1 aliphatic rings. The molecule has 0 saturated carbocycles. The Morgan fingerprint density at radius 2 is 1.96 bits per heavy atom. The predicted octanol–water partition coefficient (Wildman–Crippen LogP) is 1.31. The summed E-state index contributed by atoms with van der Waals surface area (Å²) in [5.74, 6) is 0.308. The number of nitrogens with zero attached hydrogens (tertiary/aromatic N) is 6. The maximum absolute atomic E-state index is 12.7. The van der Waals surface area contributed by atoms with E-state index in [0.717, 1.165) is 5.69 Å². The van der Waals surface area contributed by atoms with Crippen LogP contribution >= 0.6 is 11.3 Å². The Bertz CT molecular complexity index is 1110. The Morgan fingerprint density at radius 1 is 1.22 bits per heavy atom. The predicted molar refractivity (Wildman–Crippen MR) is 98.6 cm³/mol. The van der Waals surface area contributed by atoms with Crippen LogP contribution in [-0.4, -0.2) is 63.1 Å². The van der Waals surface area contributed by atoms with Gasteiger partial charge in [0.25, 0.3) is 11.7 Å². The molecule has 0 aliphatic carbocycles. The average molecular weight is 406 g/mol. The molecule has 4 heterocycles. The van der Waals surface area contributed by atoms with Gasteiger partial charge in [0.15, 0.2) is 9.84 Å². The lowest BCUT2D eigenvalue weighted by atomic mass is 9.93. The molecule has 1 amide bonds. The number of thiazole rings is 1. The van der Waals surface area contributed by atoms with Crippen molar-refractivity contribution in [3.05, 3.63) is 34.3 Å². The van der Waals surface area contributed by atoms with Gasteiger partial charge in [-0.15, -0.1) is 11.3 Å². The molecule has 0 N–H and O–H groups in total. The van der Waals surface area contributed by atoms with Crippen molar-refractivity contribution in [3.8, 4) is 0 Å². The molecule has 0 atom stereocenters. The van der Waals surface area contributed by atoms with Gasteiger partial charge in [-0.3, -0.25) is 4.79 Å². The molecule has 9 nitrogen and oxygen atoms in total. The van der Waals surface area contributed by atoms with E-state index in [9.17, 15) is 13.2 Å². The second-order valence-corrected chi connectivity index (χ2v) is 9.42. The Labute approximate surface area is 160 Å². The van der Waals surface area contributed by atoms with E-state index >= 15 is 0 Å². The Morgan fingerprint density at radius 3 is 2.59 bits per heavy atom. The van der Waals surface area contributed by atoms with Crippen LogP contribution in [-0.2, 0) is 9.84 Å². The van der Waals surface area contributed by atoms with Crippen molar-refractivity contribution < 1.29 is 13.2 Å². The highest BCUT2D eigenvalue weighted by molar-refractivity contribution is 7.90. The second-order valence-electron chi connectivity index (χ2n) is 6.59. The van der Waals surface area contributed by atoms with Crippen molar-refractivity contribution >= 4 is 32.9 Å². The van der Waals surface area contributed by atoms with Crippen molar-refractivity contribution in [2.24, 2.45) is 0 Å². The van der Waals surface area contributed by atoms with Crippen LogP contribution in [0.2, 0.25) is 0 Å². The number of sulfone groups is 1. The van der Waals surface area contributed by atoms with Crippen molar-refractivity contribution in [2.45, 2.75) is 30.6 Å². The number of aromatic nitrogens is 5. The molecule has 0 unspecified atom stereocenters. The largest absolute Gasteiger partial charge is 0.338 e. The van der Waals surface area contributed by atoms with E-state index in [2.05, 4.69) is 20.1 Å². The number of fused-ring (bicyclic) bond motifs is 1. The van der Waals surface area contributed by atoms with Crippen LogP contribution < -0.4 is 0 Å². The first kappa shape index (κ1) is 18.0. The van der Waals surface area contributed by atoms with Crippen molar-refractivity contribution in [1.82, 2.24) is 29.5 Å². The van der Waals surface area contributed by atoms with Crippen LogP contribution in [0.15, 0.2) is 22.9 Å². The summed E-state index contributed by atoms with van der Waals surface area (Å²) in [6, 6.07) is 0. The number of amides is 1. The molecule has 4 rings (SSSR count). The lowest BCUT2D eigenvalue weighted by molar-refractivity contribution is 0.0715. The van der Waals surface area contributed by atoms with Crippen LogP contribution in [0.4, 0.5) is 0 Å². The minimum absolute atomic E-state index is 0.0163. The molecule has 11 heteroatoms. The maximum Gasteiger partial charge on any atom is 0.265 e. The van der Waals surface area contributed by atoms with Gasteiger partial charge in [0.2, 0.25) is 0 Å². The summed E-state index contributed by atoms with van der Waals surface area (Å²) in [6.45, 7) is 2.92. The van der Waals surface area contributed by atoms with E-state index in [-0.39, 0.29) is 16.7 Å². The third-order valence-electron chi connectivity index (χ3n) is 4.82. The van der Waals surface area contributed by atoms with Gasteiger partial charge in [-0.2, -0.15) is 14.6 Å². The van der Waals surface area contributed by atoms with Gasteiger partial charge >= 0.3 is 0 Å². The third kappa shape index (κ3) is 3.21. The number of carbonyl (C=O) groups excluding carboxylic acids is 1. The van der Waals surface area contributed by atoms with Crippen LogP contribution in [0.1, 0.15) is 39.8 Å². The zero-order chi connectivity index (χ0) is 19.2. The number of carbonyl (C=O) groups is 1. The van der Waals surface area contributed by atoms with Gasteiger partial charge in [0, 0.05) is 25.3 Å². The average Bonchev–Trinajstić information content (AvgIpc) is 3.28. The topological polar surface area (TPSA) is 110 Å². The first-order valence-electron chi connectivity index (χ1n) is 8.44. The van der Waals surface area contributed by atoms with Gasteiger partial charge in [0.05, 0.1) is 23.1 Å². The third-order valence-corrected chi connectivity index (χ3v) is 6.85. The van der Waals surface area contributed by atoms with E-state index in [0.29, 0.717) is 42.3 Å². The Hall–Kier alpha value is -2.40. The Kier molecular flexibility index (Phi) is 4.42. The molecule has 0 radical (unpaired) electrons. The second kappa shape index (κ2) is 6.64. The fourth-order valence-corrected chi connectivity index (χ4v) is 5.09. The van der Waals surface area contributed by atoms with Gasteiger partial charge in [-0.1, -0.05) is 0 Å². The number of aryl methyl sites for hydroxylation is 1. The lowest BCUT2D eigenvalue weighted by Gasteiger charge is -2.32. The van der Waals surface area contributed by atoms with Crippen LogP contribution in [0, 0.1) is 6.92 Å². The first-order valence-corrected chi connectivity index (χ1v) is 11.2. The molecule has 3 aromatic rings. The summed E-state index contributed by atoms with van der Waals surface area (Å²) in [5.41, 5.74) is 3.01. The fraction of sp³-hybridized carbons (Fsp3) is 0.438. The summed E-state index contributed by atoms with van der Waals surface area (Å²) < 4.78 is 26.0. The zero-order valence-electron chi connectivity index (χ0n) is 14.9. The van der Waals surface area contributed by atoms with Gasteiger partial charge in [0.1, 0.15) is 16.1 Å². The highest BCUT2D eigenvalue weighted by Crippen LogP contribution is 2.33. The number of rotatable bonds is 3. The van der Waals surface area contributed by atoms with Crippen LogP contribution in [0.5, 0.6) is 0 Å². The molecule has 0 aromatic carbocycles. The summed E-state index contributed by atoms with van der Waals surface area (Å²) in [6.07, 6.45) is 5.17. The molecular formula is C16H18N6O3S2. The number of hydrogen-bond acceptors (Lipinski definition) is 8. The molecular weight excluding hydrogens is 388 g/mol. The number of piperidine rings is 1. The number of hydrogen-bond donors (Lipinski definition) is 0. The summed E-state index contributed by atoms with van der Waals surface area (Å²) in [7, 11) is -3.46. The molecule has 142 valence electrons. The van der Waals surface area contributed by atoms with Crippen molar-refractivity contribution in [2.75, 3.05) is 19.3 Å². The summed E-state index contributed by atoms with van der Waals surface area (Å²) in [5, 5.41) is 4.17. The molecule has 0 bridgehead atoms. The highest BCUT2D eigenvalue weighted by atomic mass is 32.2. The molecule has 3 aromatic heterocycles. The number of likely N-dealkylation sites (tertiary alicyclic amines) is 1. The molecule has 1 saturated heterocycles. The fourth-order valence-electron chi connectivity index (χ4n) is 3.45. The van der Waals surface area contributed by atoms with Gasteiger partial charge in [-0.25, -0.2) is 18.4 Å². The zero-order valence-corrected chi connectivity index (χ0v) is 16.5. The van der Waals surface area contributed by atoms with E-state index in [1.54, 1.807) is 10.4 Å². The lowest BCUT2D eigenvalue weighted by Crippen LogP contribution is -2.38. The maximum atomic E-state index is 12.7. The quantitative estimate of drug-likeness (QED) is 0.645. The standard InChI is InChI=1S/C16H18N6O3S2/c1-10-14(26-9-19-10)15(23)21-5-3-11(4-6-21)13-12(27(2,24)25)7-17-16-18-8-20-22(13)16/h7-9,11H,3-6H2,1-2H3. The van der Waals surface area contributed by atoms with Gasteiger partial charge in [-0.05, 0) is 19.8 Å². The minimum atomic E-state index is -3.46. The Balaban J connectivity index is 1.63. The van der Waals surface area contributed by atoms with E-state index < -0.39 is 9.84 Å². The first-order chi connectivity index (χ1) is 12.9. The van der Waals surface area contributed by atoms with Crippen LogP contribution in [0.3, 0.4) is 0 Å². The van der Waals surface area contributed by atoms with Crippen molar-refractivity contribution in [3.63, 3.8) is 0 Å². The van der Waals surface area contributed by atoms with E-state index in [1.165, 1.54) is 34.6 Å².